The van der Waals surface area contributed by atoms with E-state index in [1.807, 2.05) is 0 Å². The quantitative estimate of drug-likeness (QED) is 0.329. The number of hydrogen-bond donors (Lipinski definition) is 1. The van der Waals surface area contributed by atoms with E-state index in [9.17, 15) is 0 Å². The van der Waals surface area contributed by atoms with Crippen molar-refractivity contribution in [2.45, 2.75) is 45.3 Å². The van der Waals surface area contributed by atoms with Gasteiger partial charge in [-0.25, -0.2) is 0 Å². The van der Waals surface area contributed by atoms with Crippen LogP contribution in [0, 0.1) is 11.8 Å². The molecule has 0 bridgehead atoms. The normalized spacial score (nSPS) is 25.3. The van der Waals surface area contributed by atoms with Crippen LogP contribution < -0.4 is 5.32 Å². The summed E-state index contributed by atoms with van der Waals surface area (Å²) < 4.78 is 5.98. The van der Waals surface area contributed by atoms with Gasteiger partial charge in [0.05, 0.1) is 13.2 Å². The molecule has 2 heterocycles. The van der Waals surface area contributed by atoms with Gasteiger partial charge in [-0.05, 0) is 50.6 Å². The molecule has 162 valence electrons. The molecule has 3 aliphatic rings. The number of aliphatic imine (C=N–C) groups is 1. The van der Waals surface area contributed by atoms with Gasteiger partial charge >= 0.3 is 0 Å². The molecule has 4 rings (SSSR count). The second kappa shape index (κ2) is 11.5. The molecule has 1 N–H and O–H groups in total. The summed E-state index contributed by atoms with van der Waals surface area (Å²) in [5, 5.41) is 3.52. The van der Waals surface area contributed by atoms with Gasteiger partial charge in [0.25, 0.3) is 0 Å². The fourth-order valence-corrected chi connectivity index (χ4v) is 4.50. The minimum absolute atomic E-state index is 0. The van der Waals surface area contributed by atoms with Crippen LogP contribution in [0.4, 0.5) is 0 Å². The fourth-order valence-electron chi connectivity index (χ4n) is 4.50. The van der Waals surface area contributed by atoms with Crippen molar-refractivity contribution in [3.05, 3.63) is 35.9 Å². The number of guanidine groups is 1. The van der Waals surface area contributed by atoms with E-state index >= 15 is 0 Å². The summed E-state index contributed by atoms with van der Waals surface area (Å²) in [6.45, 7) is 10.3. The minimum Gasteiger partial charge on any atom is -0.376 e. The van der Waals surface area contributed by atoms with Crippen LogP contribution in [0.2, 0.25) is 0 Å². The summed E-state index contributed by atoms with van der Waals surface area (Å²) in [7, 11) is 0. The molecule has 3 fully saturated rings. The Morgan fingerprint density at radius 3 is 2.62 bits per heavy atom. The highest BCUT2D eigenvalue weighted by Crippen LogP contribution is 2.31. The highest BCUT2D eigenvalue weighted by atomic mass is 127. The molecule has 2 aliphatic heterocycles. The lowest BCUT2D eigenvalue weighted by atomic mass is 10.1. The molecule has 0 spiro atoms. The summed E-state index contributed by atoms with van der Waals surface area (Å²) in [6, 6.07) is 11.4. The number of halogens is 1. The average molecular weight is 512 g/mol. The molecule has 1 aromatic rings. The molecule has 5 nitrogen and oxygen atoms in total. The molecular formula is C23H37IN4O. The van der Waals surface area contributed by atoms with Gasteiger partial charge in [-0.1, -0.05) is 30.3 Å². The molecule has 0 aromatic heterocycles. The zero-order valence-electron chi connectivity index (χ0n) is 17.8. The molecule has 1 aliphatic carbocycles. The van der Waals surface area contributed by atoms with Crippen molar-refractivity contribution in [2.75, 3.05) is 45.9 Å². The lowest BCUT2D eigenvalue weighted by Gasteiger charge is -2.22. The molecule has 0 amide bonds. The largest absolute Gasteiger partial charge is 0.376 e. The summed E-state index contributed by atoms with van der Waals surface area (Å²) in [5.74, 6) is 2.45. The number of ether oxygens (including phenoxy) is 1. The topological polar surface area (TPSA) is 40.1 Å². The van der Waals surface area contributed by atoms with Crippen LogP contribution in [0.15, 0.2) is 35.3 Å². The van der Waals surface area contributed by atoms with Gasteiger partial charge in [0.1, 0.15) is 0 Å². The third-order valence-corrected chi connectivity index (χ3v) is 6.27. The summed E-state index contributed by atoms with van der Waals surface area (Å²) in [6.07, 6.45) is 5.34. The molecule has 0 radical (unpaired) electrons. The molecule has 1 aromatic carbocycles. The highest BCUT2D eigenvalue weighted by molar-refractivity contribution is 14.0. The number of nitrogens with one attached hydrogen (secondary N) is 1. The van der Waals surface area contributed by atoms with Crippen molar-refractivity contribution in [3.63, 3.8) is 0 Å². The van der Waals surface area contributed by atoms with Crippen LogP contribution in [0.5, 0.6) is 0 Å². The SMILES string of the molecule is CCNC(=NCC1CCN(C2CC2)C1)N1CCC(COCc2ccccc2)C1.I. The second-order valence-corrected chi connectivity index (χ2v) is 8.68. The van der Waals surface area contributed by atoms with E-state index in [2.05, 4.69) is 52.4 Å². The minimum atomic E-state index is 0. The molecule has 1 saturated carbocycles. The van der Waals surface area contributed by atoms with Crippen LogP contribution in [-0.4, -0.2) is 67.7 Å². The summed E-state index contributed by atoms with van der Waals surface area (Å²) >= 11 is 0. The Labute approximate surface area is 193 Å². The van der Waals surface area contributed by atoms with Gasteiger partial charge in [-0.15, -0.1) is 24.0 Å². The van der Waals surface area contributed by atoms with Crippen LogP contribution in [0.3, 0.4) is 0 Å². The van der Waals surface area contributed by atoms with Gasteiger partial charge in [0.15, 0.2) is 5.96 Å². The first-order valence-electron chi connectivity index (χ1n) is 11.2. The molecular weight excluding hydrogens is 475 g/mol. The Morgan fingerprint density at radius 2 is 1.86 bits per heavy atom. The molecule has 2 unspecified atom stereocenters. The van der Waals surface area contributed by atoms with Crippen molar-refractivity contribution < 1.29 is 4.74 Å². The number of likely N-dealkylation sites (tertiary alicyclic amines) is 2. The van der Waals surface area contributed by atoms with Crippen molar-refractivity contribution in [3.8, 4) is 0 Å². The van der Waals surface area contributed by atoms with Crippen molar-refractivity contribution in [1.29, 1.82) is 0 Å². The summed E-state index contributed by atoms with van der Waals surface area (Å²) in [4.78, 5) is 10.1. The predicted octanol–water partition coefficient (Wildman–Crippen LogP) is 3.59. The fraction of sp³-hybridized carbons (Fsp3) is 0.696. The second-order valence-electron chi connectivity index (χ2n) is 8.68. The molecule has 29 heavy (non-hydrogen) atoms. The first-order chi connectivity index (χ1) is 13.8. The zero-order chi connectivity index (χ0) is 19.2. The Balaban J connectivity index is 0.00000240. The monoisotopic (exact) mass is 512 g/mol. The molecule has 2 atom stereocenters. The number of hydrogen-bond acceptors (Lipinski definition) is 3. The number of benzene rings is 1. The predicted molar refractivity (Wildman–Crippen MR) is 130 cm³/mol. The Morgan fingerprint density at radius 1 is 1.07 bits per heavy atom. The van der Waals surface area contributed by atoms with Crippen molar-refractivity contribution in [2.24, 2.45) is 16.8 Å². The first kappa shape index (κ1) is 22.8. The lowest BCUT2D eigenvalue weighted by Crippen LogP contribution is -2.40. The average Bonchev–Trinajstić information content (AvgIpc) is 3.28. The van der Waals surface area contributed by atoms with E-state index in [-0.39, 0.29) is 24.0 Å². The van der Waals surface area contributed by atoms with E-state index in [1.54, 1.807) is 0 Å². The van der Waals surface area contributed by atoms with E-state index in [1.165, 1.54) is 44.3 Å². The maximum absolute atomic E-state index is 5.98. The van der Waals surface area contributed by atoms with Gasteiger partial charge in [-0.3, -0.25) is 4.99 Å². The maximum Gasteiger partial charge on any atom is 0.193 e. The van der Waals surface area contributed by atoms with Gasteiger partial charge in [0.2, 0.25) is 0 Å². The van der Waals surface area contributed by atoms with Crippen LogP contribution in [-0.2, 0) is 11.3 Å². The standard InChI is InChI=1S/C23H36N4O.HI/c1-2-24-23(25-14-20-10-12-26(15-20)22-8-9-22)27-13-11-21(16-27)18-28-17-19-6-4-3-5-7-19;/h3-7,20-22H,2,8-18H2,1H3,(H,24,25);1H. The maximum atomic E-state index is 5.98. The molecule has 6 heteroatoms. The van der Waals surface area contributed by atoms with E-state index in [0.717, 1.165) is 50.7 Å². The van der Waals surface area contributed by atoms with E-state index < -0.39 is 0 Å². The summed E-state index contributed by atoms with van der Waals surface area (Å²) in [5.41, 5.74) is 1.25. The van der Waals surface area contributed by atoms with Gasteiger partial charge < -0.3 is 19.9 Å². The van der Waals surface area contributed by atoms with Crippen molar-refractivity contribution in [1.82, 2.24) is 15.1 Å². The Hall–Kier alpha value is -0.860. The number of rotatable bonds is 8. The Bertz CT molecular complexity index is 637. The third kappa shape index (κ3) is 6.82. The highest BCUT2D eigenvalue weighted by Gasteiger charge is 2.34. The van der Waals surface area contributed by atoms with Crippen LogP contribution >= 0.6 is 24.0 Å². The lowest BCUT2D eigenvalue weighted by molar-refractivity contribution is 0.0906. The molecule has 2 saturated heterocycles. The van der Waals surface area contributed by atoms with E-state index in [0.29, 0.717) is 12.5 Å². The third-order valence-electron chi connectivity index (χ3n) is 6.27. The van der Waals surface area contributed by atoms with Crippen LogP contribution in [0.1, 0.15) is 38.2 Å². The first-order valence-corrected chi connectivity index (χ1v) is 11.2. The van der Waals surface area contributed by atoms with Crippen LogP contribution in [0.25, 0.3) is 0 Å². The number of nitrogens with zero attached hydrogens (tertiary/aromatic N) is 3. The van der Waals surface area contributed by atoms with Gasteiger partial charge in [0, 0.05) is 44.7 Å². The zero-order valence-corrected chi connectivity index (χ0v) is 20.1. The van der Waals surface area contributed by atoms with E-state index in [4.69, 9.17) is 9.73 Å². The van der Waals surface area contributed by atoms with Gasteiger partial charge in [-0.2, -0.15) is 0 Å². The van der Waals surface area contributed by atoms with Crippen molar-refractivity contribution >= 4 is 29.9 Å². The smallest absolute Gasteiger partial charge is 0.193 e. The Kier molecular flexibility index (Phi) is 9.06.